The smallest absolute Gasteiger partial charge is 0.326 e. The van der Waals surface area contributed by atoms with E-state index in [-0.39, 0.29) is 19.0 Å². The zero-order valence-corrected chi connectivity index (χ0v) is 9.73. The Morgan fingerprint density at radius 2 is 1.61 bits per heavy atom. The van der Waals surface area contributed by atoms with Crippen LogP contribution >= 0.6 is 0 Å². The second-order valence-corrected chi connectivity index (χ2v) is 3.37. The zero-order chi connectivity index (χ0) is 14.1. The summed E-state index contributed by atoms with van der Waals surface area (Å²) in [6.07, 6.45) is -0.714. The van der Waals surface area contributed by atoms with Gasteiger partial charge in [0.15, 0.2) is 0 Å². The summed E-state index contributed by atoms with van der Waals surface area (Å²) in [5.74, 6) is -3.03. The summed E-state index contributed by atoms with van der Waals surface area (Å²) in [5.41, 5.74) is 0. The quantitative estimate of drug-likeness (QED) is 0.347. The summed E-state index contributed by atoms with van der Waals surface area (Å²) >= 11 is 0. The van der Waals surface area contributed by atoms with Gasteiger partial charge in [0, 0.05) is 20.0 Å². The van der Waals surface area contributed by atoms with Crippen LogP contribution in [0.5, 0.6) is 0 Å². The van der Waals surface area contributed by atoms with E-state index in [2.05, 4.69) is 10.6 Å². The molecule has 0 aromatic heterocycles. The van der Waals surface area contributed by atoms with Crippen molar-refractivity contribution in [3.63, 3.8) is 0 Å². The molecule has 0 radical (unpaired) electrons. The van der Waals surface area contributed by atoms with Crippen LogP contribution in [0.25, 0.3) is 0 Å². The van der Waals surface area contributed by atoms with E-state index in [1.165, 1.54) is 6.92 Å². The van der Waals surface area contributed by atoms with Crippen molar-refractivity contribution in [2.75, 3.05) is 13.1 Å². The number of nitrogens with one attached hydrogen (secondary N) is 3. The number of carboxylic acids is 2. The van der Waals surface area contributed by atoms with Gasteiger partial charge in [0.25, 0.3) is 0 Å². The van der Waals surface area contributed by atoms with Gasteiger partial charge in [0.05, 0.1) is 6.42 Å². The monoisotopic (exact) mass is 261 g/mol. The number of hydrogen-bond acceptors (Lipinski definition) is 4. The molecule has 0 aromatic carbocycles. The van der Waals surface area contributed by atoms with Gasteiger partial charge < -0.3 is 26.2 Å². The fraction of sp³-hybridized carbons (Fsp3) is 0.556. The van der Waals surface area contributed by atoms with Gasteiger partial charge in [-0.05, 0) is 0 Å². The molecule has 0 saturated heterocycles. The molecular weight excluding hydrogens is 246 g/mol. The predicted molar refractivity (Wildman–Crippen MR) is 58.9 cm³/mol. The molecule has 9 heteroatoms. The van der Waals surface area contributed by atoms with Crippen molar-refractivity contribution in [2.45, 2.75) is 19.4 Å². The van der Waals surface area contributed by atoms with Gasteiger partial charge in [0.2, 0.25) is 5.91 Å². The third-order valence-electron chi connectivity index (χ3n) is 1.77. The first kappa shape index (κ1) is 15.7. The molecule has 0 saturated carbocycles. The number of aliphatic carboxylic acids is 2. The third kappa shape index (κ3) is 7.91. The van der Waals surface area contributed by atoms with E-state index in [1.807, 2.05) is 5.32 Å². The molecule has 9 nitrogen and oxygen atoms in total. The first-order valence-corrected chi connectivity index (χ1v) is 5.06. The largest absolute Gasteiger partial charge is 0.481 e. The summed E-state index contributed by atoms with van der Waals surface area (Å²) in [5, 5.41) is 23.8. The van der Waals surface area contributed by atoms with Crippen molar-refractivity contribution in [2.24, 2.45) is 0 Å². The Labute approximate surface area is 103 Å². The molecule has 18 heavy (non-hydrogen) atoms. The fourth-order valence-corrected chi connectivity index (χ4v) is 0.999. The minimum absolute atomic E-state index is 0.102. The highest BCUT2D eigenvalue weighted by Crippen LogP contribution is 1.92. The van der Waals surface area contributed by atoms with E-state index in [9.17, 15) is 19.2 Å². The Bertz CT molecular complexity index is 343. The molecule has 1 atom stereocenters. The maximum absolute atomic E-state index is 11.2. The van der Waals surface area contributed by atoms with Crippen LogP contribution in [0.15, 0.2) is 0 Å². The molecule has 102 valence electrons. The third-order valence-corrected chi connectivity index (χ3v) is 1.77. The molecule has 0 aromatic rings. The Kier molecular flexibility index (Phi) is 6.86. The number of hydrogen-bond donors (Lipinski definition) is 5. The zero-order valence-electron chi connectivity index (χ0n) is 9.73. The maximum Gasteiger partial charge on any atom is 0.326 e. The van der Waals surface area contributed by atoms with Crippen molar-refractivity contribution in [1.82, 2.24) is 16.0 Å². The maximum atomic E-state index is 11.2. The lowest BCUT2D eigenvalue weighted by atomic mass is 10.2. The van der Waals surface area contributed by atoms with Gasteiger partial charge in [0.1, 0.15) is 6.04 Å². The molecule has 0 aliphatic heterocycles. The van der Waals surface area contributed by atoms with E-state index < -0.39 is 30.4 Å². The molecule has 0 heterocycles. The molecule has 0 aliphatic rings. The van der Waals surface area contributed by atoms with E-state index in [0.717, 1.165) is 0 Å². The van der Waals surface area contributed by atoms with E-state index >= 15 is 0 Å². The number of amides is 3. The summed E-state index contributed by atoms with van der Waals surface area (Å²) < 4.78 is 0. The van der Waals surface area contributed by atoms with Gasteiger partial charge in [-0.2, -0.15) is 0 Å². The highest BCUT2D eigenvalue weighted by atomic mass is 16.4. The van der Waals surface area contributed by atoms with Crippen molar-refractivity contribution in [3.05, 3.63) is 0 Å². The molecule has 5 N–H and O–H groups in total. The Balaban J connectivity index is 3.99. The molecule has 0 fully saturated rings. The second-order valence-electron chi connectivity index (χ2n) is 3.37. The minimum atomic E-state index is -1.50. The molecule has 1 unspecified atom stereocenters. The Morgan fingerprint density at radius 1 is 1.06 bits per heavy atom. The molecule has 0 aliphatic carbocycles. The standard InChI is InChI=1S/C9H15N3O6/c1-5(13)10-2-3-11-9(18)12-6(8(16)17)4-7(14)15/h6H,2-4H2,1H3,(H,10,13)(H,14,15)(H,16,17)(H2,11,12,18). The van der Waals surface area contributed by atoms with Crippen molar-refractivity contribution in [3.8, 4) is 0 Å². The lowest BCUT2D eigenvalue weighted by Gasteiger charge is -2.13. The number of carboxylic acid groups (broad SMARTS) is 2. The average Bonchev–Trinajstić information content (AvgIpc) is 2.22. The topological polar surface area (TPSA) is 145 Å². The van der Waals surface area contributed by atoms with Crippen LogP contribution in [0, 0.1) is 0 Å². The summed E-state index contributed by atoms with van der Waals surface area (Å²) in [7, 11) is 0. The van der Waals surface area contributed by atoms with Gasteiger partial charge >= 0.3 is 18.0 Å². The van der Waals surface area contributed by atoms with Gasteiger partial charge in [-0.1, -0.05) is 0 Å². The van der Waals surface area contributed by atoms with Crippen LogP contribution in [-0.4, -0.2) is 53.2 Å². The Hall–Kier alpha value is -2.32. The van der Waals surface area contributed by atoms with E-state index in [4.69, 9.17) is 10.2 Å². The number of carbonyl (C=O) groups is 4. The SMILES string of the molecule is CC(=O)NCCNC(=O)NC(CC(=O)O)C(=O)O. The lowest BCUT2D eigenvalue weighted by Crippen LogP contribution is -2.48. The lowest BCUT2D eigenvalue weighted by molar-refractivity contribution is -0.145. The first-order valence-electron chi connectivity index (χ1n) is 5.06. The van der Waals surface area contributed by atoms with Gasteiger partial charge in [-0.3, -0.25) is 9.59 Å². The minimum Gasteiger partial charge on any atom is -0.481 e. The van der Waals surface area contributed by atoms with Gasteiger partial charge in [-0.25, -0.2) is 9.59 Å². The van der Waals surface area contributed by atoms with Crippen molar-refractivity contribution >= 4 is 23.9 Å². The molecule has 0 bridgehead atoms. The van der Waals surface area contributed by atoms with E-state index in [1.54, 1.807) is 0 Å². The summed E-state index contributed by atoms with van der Waals surface area (Å²) in [6.45, 7) is 1.61. The van der Waals surface area contributed by atoms with Gasteiger partial charge in [-0.15, -0.1) is 0 Å². The van der Waals surface area contributed by atoms with Crippen LogP contribution in [0.1, 0.15) is 13.3 Å². The van der Waals surface area contributed by atoms with Crippen LogP contribution in [0.2, 0.25) is 0 Å². The first-order chi connectivity index (χ1) is 8.32. The predicted octanol–water partition coefficient (Wildman–Crippen LogP) is -1.65. The highest BCUT2D eigenvalue weighted by molar-refractivity contribution is 5.86. The summed E-state index contributed by atoms with van der Waals surface area (Å²) in [4.78, 5) is 42.7. The Morgan fingerprint density at radius 3 is 2.06 bits per heavy atom. The van der Waals surface area contributed by atoms with Crippen molar-refractivity contribution < 1.29 is 29.4 Å². The normalized spacial score (nSPS) is 11.2. The number of rotatable bonds is 7. The fourth-order valence-electron chi connectivity index (χ4n) is 0.999. The second kappa shape index (κ2) is 7.87. The van der Waals surface area contributed by atoms with Crippen LogP contribution < -0.4 is 16.0 Å². The molecule has 0 spiro atoms. The number of urea groups is 1. The van der Waals surface area contributed by atoms with Crippen LogP contribution in [0.3, 0.4) is 0 Å². The van der Waals surface area contributed by atoms with Crippen LogP contribution in [0.4, 0.5) is 4.79 Å². The van der Waals surface area contributed by atoms with Crippen LogP contribution in [-0.2, 0) is 14.4 Å². The summed E-state index contributed by atoms with van der Waals surface area (Å²) in [6, 6.07) is -2.31. The average molecular weight is 261 g/mol. The highest BCUT2D eigenvalue weighted by Gasteiger charge is 2.22. The van der Waals surface area contributed by atoms with Crippen molar-refractivity contribution in [1.29, 1.82) is 0 Å². The molecule has 3 amide bonds. The van der Waals surface area contributed by atoms with E-state index in [0.29, 0.717) is 0 Å². The molecule has 0 rings (SSSR count). The number of carbonyl (C=O) groups excluding carboxylic acids is 2. The molecular formula is C9H15N3O6.